The van der Waals surface area contributed by atoms with Crippen LogP contribution in [0.1, 0.15) is 24.0 Å². The molecule has 2 aliphatic rings. The Labute approximate surface area is 201 Å². The molecule has 2 fully saturated rings. The molecule has 0 radical (unpaired) electrons. The zero-order chi connectivity index (χ0) is 22.9. The van der Waals surface area contributed by atoms with Gasteiger partial charge in [-0.05, 0) is 49.6 Å². The number of hydrogen-bond acceptors (Lipinski definition) is 5. The van der Waals surface area contributed by atoms with Crippen molar-refractivity contribution >= 4 is 40.3 Å². The van der Waals surface area contributed by atoms with E-state index in [1.165, 1.54) is 17.8 Å². The lowest BCUT2D eigenvalue weighted by atomic mass is 10.1. The van der Waals surface area contributed by atoms with Gasteiger partial charge in [-0.25, -0.2) is 9.07 Å². The third-order valence-electron chi connectivity index (χ3n) is 5.78. The first kappa shape index (κ1) is 22.0. The molecule has 0 unspecified atom stereocenters. The summed E-state index contributed by atoms with van der Waals surface area (Å²) in [5, 5.41) is 4.73. The van der Waals surface area contributed by atoms with Crippen LogP contribution in [0.5, 0.6) is 0 Å². The molecule has 5 rings (SSSR count). The molecule has 1 atom stereocenters. The molecule has 168 valence electrons. The smallest absolute Gasteiger partial charge is 0.266 e. The normalized spacial score (nSPS) is 19.8. The van der Waals surface area contributed by atoms with Crippen molar-refractivity contribution in [1.82, 2.24) is 14.7 Å². The number of ether oxygens (including phenoxy) is 1. The van der Waals surface area contributed by atoms with Gasteiger partial charge < -0.3 is 4.74 Å². The fraction of sp³-hybridized carbons (Fsp3) is 0.240. The lowest BCUT2D eigenvalue weighted by Crippen LogP contribution is -2.35. The lowest BCUT2D eigenvalue weighted by molar-refractivity contribution is -0.123. The number of thioether (sulfide) groups is 1. The van der Waals surface area contributed by atoms with Gasteiger partial charge in [-0.1, -0.05) is 54.3 Å². The highest BCUT2D eigenvalue weighted by Crippen LogP contribution is 2.35. The maximum atomic E-state index is 14.3. The molecule has 8 heteroatoms. The average Bonchev–Trinajstić information content (AvgIpc) is 3.54. The quantitative estimate of drug-likeness (QED) is 0.364. The van der Waals surface area contributed by atoms with Crippen molar-refractivity contribution in [2.75, 3.05) is 13.2 Å². The molecule has 5 nitrogen and oxygen atoms in total. The van der Waals surface area contributed by atoms with E-state index in [2.05, 4.69) is 0 Å². The summed E-state index contributed by atoms with van der Waals surface area (Å²) < 4.78 is 22.3. The van der Waals surface area contributed by atoms with Crippen molar-refractivity contribution in [2.45, 2.75) is 25.9 Å². The molecule has 3 aromatic rings. The second-order valence-electron chi connectivity index (χ2n) is 8.10. The van der Waals surface area contributed by atoms with Crippen LogP contribution in [0.4, 0.5) is 4.39 Å². The Balaban J connectivity index is 1.53. The summed E-state index contributed by atoms with van der Waals surface area (Å²) in [5.74, 6) is -0.426. The number of halogens is 1. The molecule has 2 aliphatic heterocycles. The summed E-state index contributed by atoms with van der Waals surface area (Å²) in [6, 6.07) is 14.7. The summed E-state index contributed by atoms with van der Waals surface area (Å²) in [6.45, 7) is 2.92. The van der Waals surface area contributed by atoms with E-state index in [4.69, 9.17) is 22.1 Å². The molecular weight excluding hydrogens is 457 g/mol. The van der Waals surface area contributed by atoms with E-state index in [1.54, 1.807) is 28.6 Å². The lowest BCUT2D eigenvalue weighted by Gasteiger charge is -2.18. The number of para-hydroxylation sites is 1. The maximum Gasteiger partial charge on any atom is 0.266 e. The first-order valence-electron chi connectivity index (χ1n) is 10.8. The van der Waals surface area contributed by atoms with Crippen molar-refractivity contribution in [3.05, 3.63) is 76.6 Å². The first-order valence-corrected chi connectivity index (χ1v) is 12.0. The van der Waals surface area contributed by atoms with Crippen LogP contribution < -0.4 is 0 Å². The van der Waals surface area contributed by atoms with Gasteiger partial charge in [-0.2, -0.15) is 5.10 Å². The number of amides is 1. The predicted molar refractivity (Wildman–Crippen MR) is 133 cm³/mol. The number of hydrogen-bond donors (Lipinski definition) is 0. The van der Waals surface area contributed by atoms with E-state index < -0.39 is 0 Å². The Morgan fingerprint density at radius 2 is 2.09 bits per heavy atom. The van der Waals surface area contributed by atoms with Crippen LogP contribution in [0.2, 0.25) is 0 Å². The van der Waals surface area contributed by atoms with Crippen LogP contribution in [-0.2, 0) is 9.53 Å². The van der Waals surface area contributed by atoms with Gasteiger partial charge >= 0.3 is 0 Å². The number of benzene rings is 2. The summed E-state index contributed by atoms with van der Waals surface area (Å²) in [7, 11) is 0. The highest BCUT2D eigenvalue weighted by atomic mass is 32.2. The Kier molecular flexibility index (Phi) is 6.14. The number of rotatable bonds is 5. The molecule has 1 amide bonds. The number of aryl methyl sites for hydroxylation is 1. The Bertz CT molecular complexity index is 1250. The molecule has 0 bridgehead atoms. The van der Waals surface area contributed by atoms with Crippen LogP contribution >= 0.6 is 24.0 Å². The molecule has 0 spiro atoms. The van der Waals surface area contributed by atoms with Crippen LogP contribution in [0.3, 0.4) is 0 Å². The molecule has 2 aromatic carbocycles. The first-order chi connectivity index (χ1) is 16.0. The summed E-state index contributed by atoms with van der Waals surface area (Å²) in [4.78, 5) is 15.3. The van der Waals surface area contributed by atoms with Gasteiger partial charge in [0.05, 0.1) is 23.2 Å². The van der Waals surface area contributed by atoms with E-state index in [0.717, 1.165) is 30.7 Å². The monoisotopic (exact) mass is 479 g/mol. The standard InChI is InChI=1S/C25H22FN3O2S2/c1-16-9-10-17(12-21(16)26)23-18(14-29(27-23)19-6-3-2-4-7-19)13-22-24(30)28(25(32)33-22)15-20-8-5-11-31-20/h2-4,6-7,9-10,12-14,20H,5,8,11,15H2,1H3/b22-13-/t20-/m0/s1. The van der Waals surface area contributed by atoms with E-state index in [0.29, 0.717) is 32.6 Å². The zero-order valence-corrected chi connectivity index (χ0v) is 19.7. The number of aromatic nitrogens is 2. The highest BCUT2D eigenvalue weighted by molar-refractivity contribution is 8.26. The molecule has 0 saturated carbocycles. The number of carbonyl (C=O) groups excluding carboxylic acids is 1. The SMILES string of the molecule is Cc1ccc(-c2nn(-c3ccccc3)cc2/C=C2\SC(=S)N(C[C@@H]3CCCO3)C2=O)cc1F. The van der Waals surface area contributed by atoms with Gasteiger partial charge in [0.25, 0.3) is 5.91 Å². The Morgan fingerprint density at radius 1 is 1.27 bits per heavy atom. The summed E-state index contributed by atoms with van der Waals surface area (Å²) in [6.07, 6.45) is 5.62. The minimum Gasteiger partial charge on any atom is -0.376 e. The highest BCUT2D eigenvalue weighted by Gasteiger charge is 2.35. The molecular formula is C25H22FN3O2S2. The molecule has 0 N–H and O–H groups in total. The topological polar surface area (TPSA) is 47.4 Å². The van der Waals surface area contributed by atoms with Crippen LogP contribution in [0.15, 0.2) is 59.6 Å². The number of carbonyl (C=O) groups is 1. The summed E-state index contributed by atoms with van der Waals surface area (Å²) in [5.41, 5.74) is 3.41. The van der Waals surface area contributed by atoms with Crippen LogP contribution in [0, 0.1) is 12.7 Å². The van der Waals surface area contributed by atoms with E-state index >= 15 is 0 Å². The van der Waals surface area contributed by atoms with Crippen molar-refractivity contribution in [2.24, 2.45) is 0 Å². The number of thiocarbonyl (C=S) groups is 1. The molecule has 33 heavy (non-hydrogen) atoms. The maximum absolute atomic E-state index is 14.3. The minimum absolute atomic E-state index is 0.0266. The van der Waals surface area contributed by atoms with Gasteiger partial charge in [0, 0.05) is 23.9 Å². The van der Waals surface area contributed by atoms with E-state index in [-0.39, 0.29) is 17.8 Å². The van der Waals surface area contributed by atoms with Gasteiger partial charge in [0.2, 0.25) is 0 Å². The predicted octanol–water partition coefficient (Wildman–Crippen LogP) is 5.37. The Morgan fingerprint density at radius 3 is 2.82 bits per heavy atom. The van der Waals surface area contributed by atoms with Crippen molar-refractivity contribution in [1.29, 1.82) is 0 Å². The van der Waals surface area contributed by atoms with Gasteiger partial charge in [0.1, 0.15) is 15.8 Å². The summed E-state index contributed by atoms with van der Waals surface area (Å²) >= 11 is 6.76. The van der Waals surface area contributed by atoms with E-state index in [1.807, 2.05) is 42.6 Å². The fourth-order valence-corrected chi connectivity index (χ4v) is 5.23. The van der Waals surface area contributed by atoms with Crippen molar-refractivity contribution in [3.63, 3.8) is 0 Å². The fourth-order valence-electron chi connectivity index (χ4n) is 3.96. The third kappa shape index (κ3) is 4.51. The van der Waals surface area contributed by atoms with E-state index in [9.17, 15) is 9.18 Å². The largest absolute Gasteiger partial charge is 0.376 e. The molecule has 0 aliphatic carbocycles. The minimum atomic E-state index is -0.296. The second-order valence-corrected chi connectivity index (χ2v) is 9.78. The zero-order valence-electron chi connectivity index (χ0n) is 18.0. The molecule has 3 heterocycles. The third-order valence-corrected chi connectivity index (χ3v) is 7.16. The van der Waals surface area contributed by atoms with Gasteiger partial charge in [-0.3, -0.25) is 9.69 Å². The average molecular weight is 480 g/mol. The molecule has 1 aromatic heterocycles. The number of nitrogens with zero attached hydrogens (tertiary/aromatic N) is 3. The van der Waals surface area contributed by atoms with Gasteiger partial charge in [-0.15, -0.1) is 0 Å². The van der Waals surface area contributed by atoms with Crippen molar-refractivity contribution in [3.8, 4) is 16.9 Å². The molecule has 2 saturated heterocycles. The Hall–Kier alpha value is -2.81. The van der Waals surface area contributed by atoms with Crippen LogP contribution in [0.25, 0.3) is 23.0 Å². The van der Waals surface area contributed by atoms with Gasteiger partial charge in [0.15, 0.2) is 0 Å². The van der Waals surface area contributed by atoms with Crippen LogP contribution in [-0.4, -0.2) is 44.2 Å². The van der Waals surface area contributed by atoms with Crippen molar-refractivity contribution < 1.29 is 13.9 Å². The second kappa shape index (κ2) is 9.21.